The second-order valence-electron chi connectivity index (χ2n) is 6.31. The van der Waals surface area contributed by atoms with Gasteiger partial charge in [-0.15, -0.1) is 5.10 Å². The predicted octanol–water partition coefficient (Wildman–Crippen LogP) is 3.98. The normalized spacial score (nSPS) is 16.1. The van der Waals surface area contributed by atoms with E-state index in [2.05, 4.69) is 15.5 Å². The van der Waals surface area contributed by atoms with E-state index < -0.39 is 40.5 Å². The van der Waals surface area contributed by atoms with Gasteiger partial charge in [-0.2, -0.15) is 31.4 Å². The van der Waals surface area contributed by atoms with Crippen LogP contribution in [0.1, 0.15) is 40.2 Å². The maximum atomic E-state index is 13.0. The molecule has 1 N–H and O–H groups in total. The maximum Gasteiger partial charge on any atom is 0.435 e. The van der Waals surface area contributed by atoms with Crippen LogP contribution in [0.3, 0.4) is 0 Å². The number of carbonyl (C=O) groups excluding carboxylic acids is 1. The molecule has 1 aromatic carbocycles. The molecule has 0 spiro atoms. The Morgan fingerprint density at radius 3 is 2.15 bits per heavy atom. The lowest BCUT2D eigenvalue weighted by Gasteiger charge is -2.17. The molecule has 0 bridgehead atoms. The second-order valence-corrected chi connectivity index (χ2v) is 6.31. The van der Waals surface area contributed by atoms with E-state index >= 15 is 0 Å². The van der Waals surface area contributed by atoms with Crippen molar-refractivity contribution < 1.29 is 31.1 Å². The molecule has 144 valence electrons. The average molecular weight is 389 g/mol. The molecule has 1 aromatic heterocycles. The Hall–Kier alpha value is -2.65. The topological polar surface area (TPSA) is 54.9 Å². The minimum absolute atomic E-state index is 0.0436. The van der Waals surface area contributed by atoms with Gasteiger partial charge in [0.15, 0.2) is 5.69 Å². The van der Waals surface area contributed by atoms with E-state index in [0.29, 0.717) is 12.8 Å². The quantitative estimate of drug-likeness (QED) is 0.805. The summed E-state index contributed by atoms with van der Waals surface area (Å²) in [4.78, 5) is 12.2. The molecule has 1 fully saturated rings. The van der Waals surface area contributed by atoms with Gasteiger partial charge >= 0.3 is 12.4 Å². The largest absolute Gasteiger partial charge is 0.435 e. The predicted molar refractivity (Wildman–Crippen MR) is 81.7 cm³/mol. The fourth-order valence-corrected chi connectivity index (χ4v) is 2.71. The van der Waals surface area contributed by atoms with Crippen LogP contribution in [0.4, 0.5) is 26.3 Å². The van der Waals surface area contributed by atoms with Gasteiger partial charge in [-0.05, 0) is 37.1 Å². The summed E-state index contributed by atoms with van der Waals surface area (Å²) in [6.45, 7) is -0.0436. The highest BCUT2D eigenvalue weighted by Crippen LogP contribution is 2.47. The SMILES string of the molecule is O=C(NCC1(c2ccc(C(F)(F)F)nn2)CC1)c1ccccc1C(F)(F)F. The summed E-state index contributed by atoms with van der Waals surface area (Å²) in [5, 5.41) is 9.17. The zero-order valence-electron chi connectivity index (χ0n) is 13.7. The first-order valence-corrected chi connectivity index (χ1v) is 7.89. The van der Waals surface area contributed by atoms with Crippen molar-refractivity contribution in [1.82, 2.24) is 15.5 Å². The summed E-state index contributed by atoms with van der Waals surface area (Å²) in [6, 6.07) is 6.35. The number of benzene rings is 1. The van der Waals surface area contributed by atoms with Crippen molar-refractivity contribution in [2.24, 2.45) is 0 Å². The number of hydrogen-bond donors (Lipinski definition) is 1. The molecule has 0 atom stereocenters. The highest BCUT2D eigenvalue weighted by atomic mass is 19.4. The van der Waals surface area contributed by atoms with E-state index in [4.69, 9.17) is 0 Å². The molecule has 0 radical (unpaired) electrons. The molecule has 1 amide bonds. The summed E-state index contributed by atoms with van der Waals surface area (Å²) in [5.74, 6) is -0.908. The Balaban J connectivity index is 1.73. The van der Waals surface area contributed by atoms with Gasteiger partial charge in [0.2, 0.25) is 0 Å². The zero-order chi connectivity index (χ0) is 19.9. The summed E-state index contributed by atoms with van der Waals surface area (Å²) in [6.07, 6.45) is -8.22. The molecule has 0 aliphatic heterocycles. The lowest BCUT2D eigenvalue weighted by Crippen LogP contribution is -2.34. The van der Waals surface area contributed by atoms with Gasteiger partial charge in [-0.1, -0.05) is 12.1 Å². The van der Waals surface area contributed by atoms with E-state index in [0.717, 1.165) is 18.2 Å². The van der Waals surface area contributed by atoms with Crippen molar-refractivity contribution in [3.63, 3.8) is 0 Å². The number of nitrogens with zero attached hydrogens (tertiary/aromatic N) is 2. The van der Waals surface area contributed by atoms with Crippen molar-refractivity contribution in [3.05, 3.63) is 58.9 Å². The Morgan fingerprint density at radius 1 is 0.963 bits per heavy atom. The van der Waals surface area contributed by atoms with Gasteiger partial charge in [0.25, 0.3) is 5.91 Å². The lowest BCUT2D eigenvalue weighted by molar-refractivity contribution is -0.142. The van der Waals surface area contributed by atoms with Crippen LogP contribution < -0.4 is 5.32 Å². The molecule has 1 aliphatic rings. The highest BCUT2D eigenvalue weighted by molar-refractivity contribution is 5.96. The molecular formula is C17H13F6N3O. The molecule has 27 heavy (non-hydrogen) atoms. The fourth-order valence-electron chi connectivity index (χ4n) is 2.71. The van der Waals surface area contributed by atoms with Gasteiger partial charge < -0.3 is 5.32 Å². The minimum Gasteiger partial charge on any atom is -0.351 e. The molecule has 10 heteroatoms. The van der Waals surface area contributed by atoms with E-state index in [9.17, 15) is 31.1 Å². The number of halogens is 6. The van der Waals surface area contributed by atoms with Crippen LogP contribution in [0, 0.1) is 0 Å². The number of alkyl halides is 6. The first kappa shape index (κ1) is 19.1. The number of aromatic nitrogens is 2. The molecule has 0 saturated heterocycles. The van der Waals surface area contributed by atoms with Crippen LogP contribution in [0.5, 0.6) is 0 Å². The number of carbonyl (C=O) groups is 1. The number of hydrogen-bond acceptors (Lipinski definition) is 3. The van der Waals surface area contributed by atoms with Crippen LogP contribution in [0.25, 0.3) is 0 Å². The summed E-state index contributed by atoms with van der Waals surface area (Å²) < 4.78 is 76.7. The van der Waals surface area contributed by atoms with Crippen LogP contribution in [-0.2, 0) is 17.8 Å². The van der Waals surface area contributed by atoms with Crippen molar-refractivity contribution in [2.45, 2.75) is 30.6 Å². The van der Waals surface area contributed by atoms with Crippen molar-refractivity contribution in [2.75, 3.05) is 6.54 Å². The Labute approximate surface area is 149 Å². The number of rotatable bonds is 4. The maximum absolute atomic E-state index is 13.0. The molecule has 0 unspecified atom stereocenters. The zero-order valence-corrected chi connectivity index (χ0v) is 13.7. The molecule has 4 nitrogen and oxygen atoms in total. The Morgan fingerprint density at radius 2 is 1.63 bits per heavy atom. The van der Waals surface area contributed by atoms with Crippen molar-refractivity contribution in [3.8, 4) is 0 Å². The van der Waals surface area contributed by atoms with Gasteiger partial charge in [-0.25, -0.2) is 0 Å². The first-order valence-electron chi connectivity index (χ1n) is 7.89. The highest BCUT2D eigenvalue weighted by Gasteiger charge is 2.47. The molecule has 1 saturated carbocycles. The van der Waals surface area contributed by atoms with Crippen LogP contribution in [0.2, 0.25) is 0 Å². The summed E-state index contributed by atoms with van der Waals surface area (Å²) in [7, 11) is 0. The minimum atomic E-state index is -4.68. The van der Waals surface area contributed by atoms with E-state index in [1.165, 1.54) is 18.2 Å². The average Bonchev–Trinajstić information content (AvgIpc) is 3.39. The van der Waals surface area contributed by atoms with Gasteiger partial charge in [-0.3, -0.25) is 4.79 Å². The van der Waals surface area contributed by atoms with E-state index in [-0.39, 0.29) is 12.2 Å². The molecule has 1 heterocycles. The standard InChI is InChI=1S/C17H13F6N3O/c18-16(19,20)11-4-2-1-3-10(11)14(27)24-9-15(7-8-15)12-5-6-13(26-25-12)17(21,22)23/h1-6H,7-9H2,(H,24,27). The Bertz CT molecular complexity index is 841. The molecule has 2 aromatic rings. The molecular weight excluding hydrogens is 376 g/mol. The third kappa shape index (κ3) is 4.04. The number of nitrogens with one attached hydrogen (secondary N) is 1. The third-order valence-electron chi connectivity index (χ3n) is 4.42. The third-order valence-corrected chi connectivity index (χ3v) is 4.42. The first-order chi connectivity index (χ1) is 12.5. The van der Waals surface area contributed by atoms with Gasteiger partial charge in [0.05, 0.1) is 16.8 Å². The molecule has 1 aliphatic carbocycles. The van der Waals surface area contributed by atoms with Crippen LogP contribution >= 0.6 is 0 Å². The smallest absolute Gasteiger partial charge is 0.351 e. The van der Waals surface area contributed by atoms with Gasteiger partial charge in [0.1, 0.15) is 0 Å². The summed E-state index contributed by atoms with van der Waals surface area (Å²) in [5.41, 5.74) is -3.15. The fraction of sp³-hybridized carbons (Fsp3) is 0.353. The lowest BCUT2D eigenvalue weighted by atomic mass is 10.0. The van der Waals surface area contributed by atoms with Gasteiger partial charge in [0, 0.05) is 12.0 Å². The second kappa shape index (κ2) is 6.50. The van der Waals surface area contributed by atoms with Crippen molar-refractivity contribution >= 4 is 5.91 Å². The Kier molecular flexibility index (Phi) is 4.61. The van der Waals surface area contributed by atoms with Crippen LogP contribution in [0.15, 0.2) is 36.4 Å². The monoisotopic (exact) mass is 389 g/mol. The molecule has 3 rings (SSSR count). The van der Waals surface area contributed by atoms with Crippen molar-refractivity contribution in [1.29, 1.82) is 0 Å². The van der Waals surface area contributed by atoms with Crippen LogP contribution in [-0.4, -0.2) is 22.6 Å². The summed E-state index contributed by atoms with van der Waals surface area (Å²) >= 11 is 0. The number of amides is 1. The van der Waals surface area contributed by atoms with E-state index in [1.54, 1.807) is 0 Å². The van der Waals surface area contributed by atoms with E-state index in [1.807, 2.05) is 0 Å².